The van der Waals surface area contributed by atoms with Gasteiger partial charge < -0.3 is 5.32 Å². The molecule has 0 aromatic carbocycles. The normalized spacial score (nSPS) is 8.00. The molecule has 0 radical (unpaired) electrons. The summed E-state index contributed by atoms with van der Waals surface area (Å²) in [5.74, 6) is 6.50. The molecular formula is C8H16ClN. The molecule has 1 nitrogen and oxygen atoms in total. The summed E-state index contributed by atoms with van der Waals surface area (Å²) in [6.45, 7) is 8.12. The maximum atomic E-state index is 3.21. The minimum Gasteiger partial charge on any atom is -0.306 e. The van der Waals surface area contributed by atoms with Crippen LogP contribution in [0.5, 0.6) is 0 Å². The Bertz CT molecular complexity index is 110. The quantitative estimate of drug-likeness (QED) is 0.491. The summed E-state index contributed by atoms with van der Waals surface area (Å²) < 4.78 is 0. The summed E-state index contributed by atoms with van der Waals surface area (Å²) in [6.07, 6.45) is 0. The van der Waals surface area contributed by atoms with Gasteiger partial charge in [0.1, 0.15) is 0 Å². The van der Waals surface area contributed by atoms with Crippen molar-refractivity contribution in [3.63, 3.8) is 0 Å². The van der Waals surface area contributed by atoms with Crippen molar-refractivity contribution >= 4 is 12.4 Å². The first-order chi connectivity index (χ1) is 4.27. The van der Waals surface area contributed by atoms with Gasteiger partial charge in [0.2, 0.25) is 0 Å². The molecule has 0 aliphatic rings. The number of hydrogen-bond donors (Lipinski definition) is 1. The summed E-state index contributed by atoms with van der Waals surface area (Å²) >= 11 is 0. The highest BCUT2D eigenvalue weighted by atomic mass is 35.5. The molecule has 0 rings (SSSR count). The molecule has 0 amide bonds. The highest BCUT2D eigenvalue weighted by Gasteiger charge is 1.88. The van der Waals surface area contributed by atoms with Gasteiger partial charge in [0, 0.05) is 0 Å². The third-order valence-electron chi connectivity index (χ3n) is 0.943. The molecule has 0 saturated heterocycles. The zero-order chi connectivity index (χ0) is 7.11. The molecule has 0 aliphatic carbocycles. The zero-order valence-corrected chi connectivity index (χ0v) is 7.72. The van der Waals surface area contributed by atoms with E-state index >= 15 is 0 Å². The second-order valence-electron chi connectivity index (χ2n) is 2.45. The van der Waals surface area contributed by atoms with E-state index in [0.717, 1.165) is 19.0 Å². The minimum absolute atomic E-state index is 0. The smallest absolute Gasteiger partial charge is 0.0576 e. The summed E-state index contributed by atoms with van der Waals surface area (Å²) in [5, 5.41) is 3.21. The van der Waals surface area contributed by atoms with Crippen molar-refractivity contribution in [2.45, 2.75) is 20.8 Å². The Morgan fingerprint density at radius 3 is 2.40 bits per heavy atom. The highest BCUT2D eigenvalue weighted by Crippen LogP contribution is 1.85. The molecule has 10 heavy (non-hydrogen) atoms. The lowest BCUT2D eigenvalue weighted by Crippen LogP contribution is -2.19. The van der Waals surface area contributed by atoms with Crippen molar-refractivity contribution in [1.29, 1.82) is 0 Å². The Balaban J connectivity index is 0. The van der Waals surface area contributed by atoms with Gasteiger partial charge in [0.05, 0.1) is 6.54 Å². The van der Waals surface area contributed by atoms with E-state index in [2.05, 4.69) is 31.0 Å². The fraction of sp³-hybridized carbons (Fsp3) is 0.750. The Morgan fingerprint density at radius 1 is 1.40 bits per heavy atom. The molecule has 0 aliphatic heterocycles. The SMILES string of the molecule is CC#CCNCC(C)C.Cl. The van der Waals surface area contributed by atoms with Crippen molar-refractivity contribution in [3.05, 3.63) is 0 Å². The molecule has 0 atom stereocenters. The van der Waals surface area contributed by atoms with Crippen molar-refractivity contribution < 1.29 is 0 Å². The molecule has 0 aromatic heterocycles. The van der Waals surface area contributed by atoms with Crippen LogP contribution in [0.1, 0.15) is 20.8 Å². The number of rotatable bonds is 3. The van der Waals surface area contributed by atoms with Gasteiger partial charge in [-0.15, -0.1) is 18.3 Å². The Hall–Kier alpha value is -0.190. The monoisotopic (exact) mass is 161 g/mol. The van der Waals surface area contributed by atoms with Gasteiger partial charge >= 0.3 is 0 Å². The fourth-order valence-corrected chi connectivity index (χ4v) is 0.512. The van der Waals surface area contributed by atoms with Crippen LogP contribution in [0.4, 0.5) is 0 Å². The van der Waals surface area contributed by atoms with Crippen molar-refractivity contribution in [2.75, 3.05) is 13.1 Å². The molecule has 0 spiro atoms. The van der Waals surface area contributed by atoms with E-state index in [1.54, 1.807) is 0 Å². The molecule has 0 bridgehead atoms. The molecule has 0 heterocycles. The van der Waals surface area contributed by atoms with Crippen LogP contribution >= 0.6 is 12.4 Å². The molecule has 0 saturated carbocycles. The molecular weight excluding hydrogens is 146 g/mol. The molecule has 0 unspecified atom stereocenters. The van der Waals surface area contributed by atoms with Crippen LogP contribution in [0.15, 0.2) is 0 Å². The fourth-order valence-electron chi connectivity index (χ4n) is 0.512. The van der Waals surface area contributed by atoms with Gasteiger partial charge in [-0.1, -0.05) is 19.8 Å². The van der Waals surface area contributed by atoms with Crippen LogP contribution in [0.3, 0.4) is 0 Å². The average Bonchev–Trinajstić information content (AvgIpc) is 1.80. The van der Waals surface area contributed by atoms with E-state index in [9.17, 15) is 0 Å². The Labute approximate surface area is 70.0 Å². The number of hydrogen-bond acceptors (Lipinski definition) is 1. The second-order valence-corrected chi connectivity index (χ2v) is 2.45. The number of halogens is 1. The average molecular weight is 162 g/mol. The predicted molar refractivity (Wildman–Crippen MR) is 48.4 cm³/mol. The maximum Gasteiger partial charge on any atom is 0.0576 e. The topological polar surface area (TPSA) is 12.0 Å². The van der Waals surface area contributed by atoms with Crippen LogP contribution in [0.2, 0.25) is 0 Å². The van der Waals surface area contributed by atoms with E-state index in [1.165, 1.54) is 0 Å². The lowest BCUT2D eigenvalue weighted by atomic mass is 10.2. The predicted octanol–water partition coefficient (Wildman–Crippen LogP) is 1.68. The summed E-state index contributed by atoms with van der Waals surface area (Å²) in [6, 6.07) is 0. The lowest BCUT2D eigenvalue weighted by Gasteiger charge is -2.01. The first kappa shape index (κ1) is 12.5. The van der Waals surface area contributed by atoms with E-state index in [1.807, 2.05) is 6.92 Å². The zero-order valence-electron chi connectivity index (χ0n) is 6.90. The van der Waals surface area contributed by atoms with E-state index in [-0.39, 0.29) is 12.4 Å². The third kappa shape index (κ3) is 10.7. The van der Waals surface area contributed by atoms with E-state index < -0.39 is 0 Å². The molecule has 2 heteroatoms. The standard InChI is InChI=1S/C8H15N.ClH/c1-4-5-6-9-7-8(2)3;/h8-9H,6-7H2,1-3H3;1H. The summed E-state index contributed by atoms with van der Waals surface area (Å²) in [7, 11) is 0. The van der Waals surface area contributed by atoms with Gasteiger partial charge in [-0.25, -0.2) is 0 Å². The Morgan fingerprint density at radius 2 is 2.00 bits per heavy atom. The highest BCUT2D eigenvalue weighted by molar-refractivity contribution is 5.85. The number of nitrogens with one attached hydrogen (secondary N) is 1. The molecule has 0 aromatic rings. The van der Waals surface area contributed by atoms with Crippen LogP contribution in [0, 0.1) is 17.8 Å². The van der Waals surface area contributed by atoms with E-state index in [0.29, 0.717) is 0 Å². The minimum atomic E-state index is 0. The van der Waals surface area contributed by atoms with Crippen LogP contribution in [0.25, 0.3) is 0 Å². The van der Waals surface area contributed by atoms with Gasteiger partial charge in [0.25, 0.3) is 0 Å². The van der Waals surface area contributed by atoms with Crippen molar-refractivity contribution in [3.8, 4) is 11.8 Å². The molecule has 60 valence electrons. The molecule has 1 N–H and O–H groups in total. The van der Waals surface area contributed by atoms with Gasteiger partial charge in [-0.05, 0) is 19.4 Å². The summed E-state index contributed by atoms with van der Waals surface area (Å²) in [4.78, 5) is 0. The van der Waals surface area contributed by atoms with E-state index in [4.69, 9.17) is 0 Å². The Kier molecular flexibility index (Phi) is 11.0. The lowest BCUT2D eigenvalue weighted by molar-refractivity contribution is 0.580. The third-order valence-corrected chi connectivity index (χ3v) is 0.943. The van der Waals surface area contributed by atoms with Crippen molar-refractivity contribution in [2.24, 2.45) is 5.92 Å². The largest absolute Gasteiger partial charge is 0.306 e. The van der Waals surface area contributed by atoms with Crippen LogP contribution in [-0.4, -0.2) is 13.1 Å². The van der Waals surface area contributed by atoms with Crippen LogP contribution in [-0.2, 0) is 0 Å². The first-order valence-corrected chi connectivity index (χ1v) is 3.37. The van der Waals surface area contributed by atoms with Gasteiger partial charge in [-0.2, -0.15) is 0 Å². The maximum absolute atomic E-state index is 3.21. The van der Waals surface area contributed by atoms with Gasteiger partial charge in [-0.3, -0.25) is 0 Å². The summed E-state index contributed by atoms with van der Waals surface area (Å²) in [5.41, 5.74) is 0. The first-order valence-electron chi connectivity index (χ1n) is 3.37. The van der Waals surface area contributed by atoms with Crippen molar-refractivity contribution in [1.82, 2.24) is 5.32 Å². The second kappa shape index (κ2) is 8.81. The van der Waals surface area contributed by atoms with Gasteiger partial charge in [0.15, 0.2) is 0 Å². The van der Waals surface area contributed by atoms with Crippen LogP contribution < -0.4 is 5.32 Å². The molecule has 0 fully saturated rings.